The van der Waals surface area contributed by atoms with Gasteiger partial charge in [-0.1, -0.05) is 146 Å². The van der Waals surface area contributed by atoms with Crippen LogP contribution in [0.5, 0.6) is 0 Å². The molecule has 0 aliphatic rings. The van der Waals surface area contributed by atoms with E-state index in [1.807, 2.05) is 72.8 Å². The molecular weight excluding hydrogens is 711 g/mol. The van der Waals surface area contributed by atoms with E-state index in [1.165, 1.54) is 0 Å². The fourth-order valence-electron chi connectivity index (χ4n) is 8.41. The van der Waals surface area contributed by atoms with Crippen LogP contribution >= 0.6 is 0 Å². The summed E-state index contributed by atoms with van der Waals surface area (Å²) in [6.07, 6.45) is 0. The normalized spacial score (nSPS) is 11.2. The number of anilines is 3. The molecule has 0 saturated carbocycles. The lowest BCUT2D eigenvalue weighted by Gasteiger charge is -2.26. The summed E-state index contributed by atoms with van der Waals surface area (Å²) in [5, 5.41) is 6.32. The number of hydrogen-bond acceptors (Lipinski definition) is 4. The molecule has 0 N–H and O–H groups in total. The number of ketones is 3. The van der Waals surface area contributed by atoms with Gasteiger partial charge in [-0.25, -0.2) is 0 Å². The van der Waals surface area contributed by atoms with Gasteiger partial charge in [0.2, 0.25) is 0 Å². The Kier molecular flexibility index (Phi) is 9.31. The van der Waals surface area contributed by atoms with Crippen LogP contribution in [0.4, 0.5) is 17.1 Å². The van der Waals surface area contributed by atoms with Crippen molar-refractivity contribution in [1.29, 1.82) is 0 Å². The first kappa shape index (κ1) is 36.2. The maximum atomic E-state index is 12.9. The number of hydrogen-bond donors (Lipinski definition) is 0. The molecule has 9 rings (SSSR count). The van der Waals surface area contributed by atoms with Crippen LogP contribution in [0, 0.1) is 0 Å². The van der Waals surface area contributed by atoms with Crippen molar-refractivity contribution in [1.82, 2.24) is 0 Å². The topological polar surface area (TPSA) is 54.5 Å². The van der Waals surface area contributed by atoms with E-state index in [2.05, 4.69) is 114 Å². The molecule has 58 heavy (non-hydrogen) atoms. The van der Waals surface area contributed by atoms with Crippen molar-refractivity contribution < 1.29 is 14.4 Å². The van der Waals surface area contributed by atoms with Crippen LogP contribution in [0.25, 0.3) is 65.7 Å². The molecule has 0 bridgehead atoms. The summed E-state index contributed by atoms with van der Waals surface area (Å²) in [7, 11) is 0. The smallest absolute Gasteiger partial charge is 0.160 e. The Balaban J connectivity index is 1.18. The second kappa shape index (κ2) is 14.9. The molecular formula is C54H39NO3. The van der Waals surface area contributed by atoms with Gasteiger partial charge in [0.25, 0.3) is 0 Å². The summed E-state index contributed by atoms with van der Waals surface area (Å²) in [5.41, 5.74) is 10.5. The summed E-state index contributed by atoms with van der Waals surface area (Å²) < 4.78 is 0. The third-order valence-corrected chi connectivity index (χ3v) is 11.2. The average Bonchev–Trinajstić information content (AvgIpc) is 3.26. The van der Waals surface area contributed by atoms with E-state index in [-0.39, 0.29) is 17.3 Å². The Labute approximate surface area is 337 Å². The van der Waals surface area contributed by atoms with Crippen molar-refractivity contribution in [2.75, 3.05) is 4.90 Å². The van der Waals surface area contributed by atoms with Crippen molar-refractivity contribution in [3.05, 3.63) is 199 Å². The van der Waals surface area contributed by atoms with Gasteiger partial charge in [-0.15, -0.1) is 0 Å². The van der Waals surface area contributed by atoms with Crippen LogP contribution in [-0.4, -0.2) is 17.3 Å². The van der Waals surface area contributed by atoms with Crippen molar-refractivity contribution in [2.24, 2.45) is 0 Å². The fraction of sp³-hybridized carbons (Fsp3) is 0.0556. The molecule has 0 saturated heterocycles. The highest BCUT2D eigenvalue weighted by Gasteiger charge is 2.20. The van der Waals surface area contributed by atoms with Gasteiger partial charge in [0.05, 0.1) is 0 Å². The van der Waals surface area contributed by atoms with Crippen LogP contribution < -0.4 is 4.90 Å². The van der Waals surface area contributed by atoms with E-state index < -0.39 is 0 Å². The quantitative estimate of drug-likeness (QED) is 0.138. The van der Waals surface area contributed by atoms with Crippen LogP contribution in [-0.2, 0) is 0 Å². The predicted octanol–water partition coefficient (Wildman–Crippen LogP) is 14.2. The molecule has 9 aromatic carbocycles. The number of Topliss-reactive ketones (excluding diaryl/α,β-unsaturated/α-hetero) is 3. The van der Waals surface area contributed by atoms with E-state index in [0.717, 1.165) is 82.8 Å². The maximum absolute atomic E-state index is 12.9. The molecule has 278 valence electrons. The molecule has 0 aromatic heterocycles. The molecule has 9 aromatic rings. The van der Waals surface area contributed by atoms with Gasteiger partial charge < -0.3 is 4.90 Å². The Bertz CT molecular complexity index is 2730. The lowest BCUT2D eigenvalue weighted by Crippen LogP contribution is -2.10. The first-order valence-corrected chi connectivity index (χ1v) is 19.5. The van der Waals surface area contributed by atoms with Crippen LogP contribution in [0.2, 0.25) is 0 Å². The third-order valence-electron chi connectivity index (χ3n) is 11.2. The van der Waals surface area contributed by atoms with Gasteiger partial charge in [0, 0.05) is 50.4 Å². The lowest BCUT2D eigenvalue weighted by molar-refractivity contribution is 0.101. The zero-order valence-corrected chi connectivity index (χ0v) is 32.5. The molecule has 0 atom stereocenters. The van der Waals surface area contributed by atoms with Crippen LogP contribution in [0.3, 0.4) is 0 Å². The molecule has 0 aliphatic heterocycles. The van der Waals surface area contributed by atoms with Gasteiger partial charge in [-0.05, 0) is 106 Å². The molecule has 0 radical (unpaired) electrons. The lowest BCUT2D eigenvalue weighted by atomic mass is 9.91. The van der Waals surface area contributed by atoms with Gasteiger partial charge >= 0.3 is 0 Å². The van der Waals surface area contributed by atoms with Crippen molar-refractivity contribution in [2.45, 2.75) is 20.8 Å². The Morgan fingerprint density at radius 1 is 0.310 bits per heavy atom. The summed E-state index contributed by atoms with van der Waals surface area (Å²) in [4.78, 5) is 40.9. The number of rotatable bonds is 9. The van der Waals surface area contributed by atoms with Crippen molar-refractivity contribution >= 4 is 66.7 Å². The van der Waals surface area contributed by atoms with Crippen molar-refractivity contribution in [3.63, 3.8) is 0 Å². The fourth-order valence-corrected chi connectivity index (χ4v) is 8.41. The first-order chi connectivity index (χ1) is 28.3. The van der Waals surface area contributed by atoms with E-state index in [4.69, 9.17) is 0 Å². The van der Waals surface area contributed by atoms with Crippen molar-refractivity contribution in [3.8, 4) is 33.4 Å². The molecule has 0 unspecified atom stereocenters. The predicted molar refractivity (Wildman–Crippen MR) is 240 cm³/mol. The third kappa shape index (κ3) is 6.45. The second-order valence-electron chi connectivity index (χ2n) is 14.8. The highest BCUT2D eigenvalue weighted by Crippen LogP contribution is 2.41. The highest BCUT2D eigenvalue weighted by molar-refractivity contribution is 6.12. The summed E-state index contributed by atoms with van der Waals surface area (Å²) in [6, 6.07) is 61.4. The number of fused-ring (bicyclic) bond motifs is 3. The summed E-state index contributed by atoms with van der Waals surface area (Å²) in [5.74, 6) is 0.0552. The van der Waals surface area contributed by atoms with E-state index in [9.17, 15) is 14.4 Å². The summed E-state index contributed by atoms with van der Waals surface area (Å²) >= 11 is 0. The molecule has 4 nitrogen and oxygen atoms in total. The summed E-state index contributed by atoms with van der Waals surface area (Å²) in [6.45, 7) is 4.85. The standard InChI is InChI=1S/C54H39NO3/c1-34(56)46-31-22-37-10-4-7-13-49(37)52(46)40-16-25-43(26-17-40)55(44-27-18-41(19-28-44)53-47(35(2)57)32-23-38-11-5-8-14-50(38)53)45-29-20-42(21-30-45)54-48(36(3)58)33-24-39-12-6-9-15-51(39)54/h4-33H,1-3H3. The van der Waals surface area contributed by atoms with Crippen LogP contribution in [0.15, 0.2) is 182 Å². The zero-order valence-electron chi connectivity index (χ0n) is 32.5. The number of carbonyl (C=O) groups is 3. The van der Waals surface area contributed by atoms with E-state index in [1.54, 1.807) is 20.8 Å². The molecule has 0 amide bonds. The van der Waals surface area contributed by atoms with Crippen LogP contribution in [0.1, 0.15) is 51.8 Å². The number of nitrogens with zero attached hydrogens (tertiary/aromatic N) is 1. The molecule has 0 spiro atoms. The Morgan fingerprint density at radius 2 is 0.569 bits per heavy atom. The monoisotopic (exact) mass is 749 g/mol. The number of benzene rings is 9. The average molecular weight is 750 g/mol. The largest absolute Gasteiger partial charge is 0.311 e. The Morgan fingerprint density at radius 3 is 0.828 bits per heavy atom. The van der Waals surface area contributed by atoms with Gasteiger partial charge in [-0.3, -0.25) is 14.4 Å². The SMILES string of the molecule is CC(=O)c1ccc2ccccc2c1-c1ccc(N(c2ccc(-c3c(C(C)=O)ccc4ccccc34)cc2)c2ccc(-c3c(C(C)=O)ccc4ccccc34)cc2)cc1. The zero-order chi connectivity index (χ0) is 39.9. The number of carbonyl (C=O) groups excluding carboxylic acids is 3. The molecule has 0 aliphatic carbocycles. The minimum absolute atomic E-state index is 0.0184. The minimum atomic E-state index is 0.0184. The second-order valence-corrected chi connectivity index (χ2v) is 14.8. The molecule has 4 heteroatoms. The highest BCUT2D eigenvalue weighted by atomic mass is 16.1. The van der Waals surface area contributed by atoms with Gasteiger partial charge in [0.1, 0.15) is 0 Å². The van der Waals surface area contributed by atoms with Gasteiger partial charge in [-0.2, -0.15) is 0 Å². The van der Waals surface area contributed by atoms with E-state index >= 15 is 0 Å². The Hall–Kier alpha value is -7.43. The van der Waals surface area contributed by atoms with E-state index in [0.29, 0.717) is 16.7 Å². The minimum Gasteiger partial charge on any atom is -0.311 e. The molecule has 0 fully saturated rings. The maximum Gasteiger partial charge on any atom is 0.160 e. The van der Waals surface area contributed by atoms with Gasteiger partial charge in [0.15, 0.2) is 17.3 Å². The molecule has 0 heterocycles. The first-order valence-electron chi connectivity index (χ1n) is 19.5.